The number of carbonyl (C=O) groups is 1. The summed E-state index contributed by atoms with van der Waals surface area (Å²) < 4.78 is 5.09. The summed E-state index contributed by atoms with van der Waals surface area (Å²) in [6.45, 7) is 1.78. The third-order valence-corrected chi connectivity index (χ3v) is 3.89. The van der Waals surface area contributed by atoms with Crippen molar-refractivity contribution >= 4 is 17.3 Å². The fourth-order valence-electron chi connectivity index (χ4n) is 2.54. The largest absolute Gasteiger partial charge is 0.383 e. The van der Waals surface area contributed by atoms with E-state index in [0.717, 1.165) is 5.56 Å². The van der Waals surface area contributed by atoms with Gasteiger partial charge in [0.25, 0.3) is 5.69 Å². The Morgan fingerprint density at radius 3 is 2.54 bits per heavy atom. The van der Waals surface area contributed by atoms with Gasteiger partial charge in [0.15, 0.2) is 0 Å². The Balaban J connectivity index is 1.93. The van der Waals surface area contributed by atoms with Crippen molar-refractivity contribution in [3.8, 4) is 0 Å². The van der Waals surface area contributed by atoms with Crippen LogP contribution in [0.1, 0.15) is 12.0 Å². The molecule has 2 aromatic rings. The lowest BCUT2D eigenvalue weighted by Gasteiger charge is -2.23. The summed E-state index contributed by atoms with van der Waals surface area (Å²) in [5.74, 6) is -0.0306. The molecule has 0 aromatic heterocycles. The first-order valence-corrected chi connectivity index (χ1v) is 8.39. The van der Waals surface area contributed by atoms with Gasteiger partial charge in [0.2, 0.25) is 5.91 Å². The Labute approximate surface area is 152 Å². The lowest BCUT2D eigenvalue weighted by atomic mass is 10.2. The number of rotatable bonds is 10. The van der Waals surface area contributed by atoms with Crippen molar-refractivity contribution in [1.29, 1.82) is 0 Å². The average Bonchev–Trinajstić information content (AvgIpc) is 2.66. The highest BCUT2D eigenvalue weighted by Crippen LogP contribution is 2.23. The molecule has 0 unspecified atom stereocenters. The number of nitrogens with zero attached hydrogens (tertiary/aromatic N) is 2. The van der Waals surface area contributed by atoms with E-state index in [0.29, 0.717) is 31.9 Å². The smallest absolute Gasteiger partial charge is 0.292 e. The van der Waals surface area contributed by atoms with Crippen LogP contribution in [0.5, 0.6) is 0 Å². The molecule has 0 bridgehead atoms. The molecule has 2 aromatic carbocycles. The molecule has 0 aliphatic rings. The Morgan fingerprint density at radius 1 is 1.15 bits per heavy atom. The highest BCUT2D eigenvalue weighted by atomic mass is 16.6. The second-order valence-corrected chi connectivity index (χ2v) is 5.74. The van der Waals surface area contributed by atoms with Crippen molar-refractivity contribution in [2.75, 3.05) is 32.1 Å². The number of anilines is 1. The number of ether oxygens (including phenoxy) is 1. The lowest BCUT2D eigenvalue weighted by molar-refractivity contribution is -0.384. The first-order chi connectivity index (χ1) is 12.6. The number of nitro groups is 1. The summed E-state index contributed by atoms with van der Waals surface area (Å²) in [5, 5.41) is 14.0. The summed E-state index contributed by atoms with van der Waals surface area (Å²) in [5.41, 5.74) is 1.46. The Kier molecular flexibility index (Phi) is 7.57. The number of para-hydroxylation sites is 2. The molecule has 7 nitrogen and oxygen atoms in total. The number of hydrogen-bond donors (Lipinski definition) is 1. The first-order valence-electron chi connectivity index (χ1n) is 8.39. The van der Waals surface area contributed by atoms with Crippen LogP contribution >= 0.6 is 0 Å². The Hall–Kier alpha value is -2.93. The number of hydrogen-bond acceptors (Lipinski definition) is 5. The molecule has 0 atom stereocenters. The van der Waals surface area contributed by atoms with E-state index in [-0.39, 0.29) is 18.0 Å². The van der Waals surface area contributed by atoms with Crippen LogP contribution in [0.4, 0.5) is 11.4 Å². The molecule has 138 valence electrons. The van der Waals surface area contributed by atoms with Crippen LogP contribution in [0.2, 0.25) is 0 Å². The second kappa shape index (κ2) is 10.1. The fraction of sp³-hybridized carbons (Fsp3) is 0.316. The van der Waals surface area contributed by atoms with Gasteiger partial charge in [0, 0.05) is 39.2 Å². The Morgan fingerprint density at radius 2 is 1.85 bits per heavy atom. The van der Waals surface area contributed by atoms with E-state index in [2.05, 4.69) is 5.32 Å². The molecule has 0 heterocycles. The summed E-state index contributed by atoms with van der Waals surface area (Å²) in [6.07, 6.45) is 0.239. The van der Waals surface area contributed by atoms with Gasteiger partial charge in [-0.25, -0.2) is 0 Å². The van der Waals surface area contributed by atoms with Crippen molar-refractivity contribution in [2.24, 2.45) is 0 Å². The van der Waals surface area contributed by atoms with Crippen LogP contribution in [-0.2, 0) is 16.1 Å². The SMILES string of the molecule is COCCN(Cc1ccccc1)C(=O)CCNc1ccccc1[N+](=O)[O-]. The van der Waals surface area contributed by atoms with E-state index in [4.69, 9.17) is 4.74 Å². The second-order valence-electron chi connectivity index (χ2n) is 5.74. The molecule has 0 spiro atoms. The van der Waals surface area contributed by atoms with E-state index in [1.807, 2.05) is 30.3 Å². The van der Waals surface area contributed by atoms with Crippen LogP contribution in [-0.4, -0.2) is 42.5 Å². The monoisotopic (exact) mass is 357 g/mol. The first kappa shape index (κ1) is 19.4. The number of benzene rings is 2. The van der Waals surface area contributed by atoms with Gasteiger partial charge < -0.3 is 15.0 Å². The van der Waals surface area contributed by atoms with E-state index in [1.54, 1.807) is 30.2 Å². The van der Waals surface area contributed by atoms with Gasteiger partial charge >= 0.3 is 0 Å². The number of carbonyl (C=O) groups excluding carboxylic acids is 1. The van der Waals surface area contributed by atoms with Crippen molar-refractivity contribution < 1.29 is 14.5 Å². The van der Waals surface area contributed by atoms with Gasteiger partial charge in [-0.2, -0.15) is 0 Å². The predicted molar refractivity (Wildman–Crippen MR) is 99.9 cm³/mol. The molecule has 0 saturated heterocycles. The molecule has 1 N–H and O–H groups in total. The fourth-order valence-corrected chi connectivity index (χ4v) is 2.54. The maximum Gasteiger partial charge on any atom is 0.292 e. The molecule has 26 heavy (non-hydrogen) atoms. The standard InChI is InChI=1S/C19H23N3O4/c1-26-14-13-21(15-16-7-3-2-4-8-16)19(23)11-12-20-17-9-5-6-10-18(17)22(24)25/h2-10,20H,11-15H2,1H3. The van der Waals surface area contributed by atoms with E-state index >= 15 is 0 Å². The highest BCUT2D eigenvalue weighted by molar-refractivity contribution is 5.77. The summed E-state index contributed by atoms with van der Waals surface area (Å²) in [7, 11) is 1.60. The zero-order valence-corrected chi connectivity index (χ0v) is 14.8. The van der Waals surface area contributed by atoms with Gasteiger partial charge in [-0.3, -0.25) is 14.9 Å². The minimum atomic E-state index is -0.440. The number of nitrogens with one attached hydrogen (secondary N) is 1. The zero-order valence-electron chi connectivity index (χ0n) is 14.8. The molecule has 1 amide bonds. The molecule has 2 rings (SSSR count). The van der Waals surface area contributed by atoms with E-state index in [9.17, 15) is 14.9 Å². The molecule has 0 aliphatic carbocycles. The molecule has 7 heteroatoms. The normalized spacial score (nSPS) is 10.3. The minimum Gasteiger partial charge on any atom is -0.383 e. The van der Waals surface area contributed by atoms with E-state index < -0.39 is 4.92 Å². The highest BCUT2D eigenvalue weighted by Gasteiger charge is 2.15. The third-order valence-electron chi connectivity index (χ3n) is 3.89. The van der Waals surface area contributed by atoms with Gasteiger partial charge in [-0.05, 0) is 11.6 Å². The molecular weight excluding hydrogens is 334 g/mol. The van der Waals surface area contributed by atoms with Crippen LogP contribution in [0, 0.1) is 10.1 Å². The minimum absolute atomic E-state index is 0.000439. The predicted octanol–water partition coefficient (Wildman–Crippen LogP) is 3.07. The van der Waals surface area contributed by atoms with Crippen LogP contribution in [0.25, 0.3) is 0 Å². The van der Waals surface area contributed by atoms with Crippen LogP contribution in [0.15, 0.2) is 54.6 Å². The van der Waals surface area contributed by atoms with Crippen molar-refractivity contribution in [1.82, 2.24) is 4.90 Å². The van der Waals surface area contributed by atoms with E-state index in [1.165, 1.54) is 6.07 Å². The van der Waals surface area contributed by atoms with Crippen LogP contribution in [0.3, 0.4) is 0 Å². The molecule has 0 radical (unpaired) electrons. The lowest BCUT2D eigenvalue weighted by Crippen LogP contribution is -2.34. The summed E-state index contributed by atoms with van der Waals surface area (Å²) >= 11 is 0. The van der Waals surface area contributed by atoms with Crippen LogP contribution < -0.4 is 5.32 Å². The maximum absolute atomic E-state index is 12.6. The molecule has 0 saturated carbocycles. The third kappa shape index (κ3) is 5.86. The van der Waals surface area contributed by atoms with Gasteiger partial charge in [-0.1, -0.05) is 42.5 Å². The quantitative estimate of drug-likeness (QED) is 0.522. The van der Waals surface area contributed by atoms with Crippen molar-refractivity contribution in [3.05, 3.63) is 70.3 Å². The topological polar surface area (TPSA) is 84.7 Å². The summed E-state index contributed by atoms with van der Waals surface area (Å²) in [4.78, 5) is 24.9. The molecule has 0 fully saturated rings. The average molecular weight is 357 g/mol. The van der Waals surface area contributed by atoms with Gasteiger partial charge in [0.1, 0.15) is 5.69 Å². The summed E-state index contributed by atoms with van der Waals surface area (Å²) in [6, 6.07) is 16.1. The maximum atomic E-state index is 12.6. The number of methoxy groups -OCH3 is 1. The van der Waals surface area contributed by atoms with Gasteiger partial charge in [-0.15, -0.1) is 0 Å². The number of amides is 1. The molecular formula is C19H23N3O4. The Bertz CT molecular complexity index is 722. The molecule has 0 aliphatic heterocycles. The zero-order chi connectivity index (χ0) is 18.8. The van der Waals surface area contributed by atoms with Crippen molar-refractivity contribution in [2.45, 2.75) is 13.0 Å². The van der Waals surface area contributed by atoms with Gasteiger partial charge in [0.05, 0.1) is 11.5 Å². The number of nitro benzene ring substituents is 1. The van der Waals surface area contributed by atoms with Crippen molar-refractivity contribution in [3.63, 3.8) is 0 Å².